The van der Waals surface area contributed by atoms with Gasteiger partial charge in [-0.2, -0.15) is 0 Å². The lowest BCUT2D eigenvalue weighted by Crippen LogP contribution is -2.58. The zero-order chi connectivity index (χ0) is 15.9. The van der Waals surface area contributed by atoms with Crippen LogP contribution in [0.2, 0.25) is 0 Å². The molecule has 0 aromatic rings. The van der Waals surface area contributed by atoms with Gasteiger partial charge in [0.25, 0.3) is 5.84 Å². The molecule has 7 nitrogen and oxygen atoms in total. The fourth-order valence-corrected chi connectivity index (χ4v) is 3.68. The minimum absolute atomic E-state index is 0.0527. The van der Waals surface area contributed by atoms with Crippen LogP contribution in [-0.2, 0) is 4.79 Å². The number of nitroso groups, excluding NO2 is 1. The molecule has 2 atom stereocenters. The Bertz CT molecular complexity index is 582. The number of hydrogen-bond donors (Lipinski definition) is 1. The molecule has 0 aromatic carbocycles. The van der Waals surface area contributed by atoms with Crippen LogP contribution in [0.25, 0.3) is 0 Å². The van der Waals surface area contributed by atoms with Crippen molar-refractivity contribution in [2.24, 2.45) is 4.99 Å². The number of nitrogens with zero attached hydrogens (tertiary/aromatic N) is 4. The molecule has 3 heterocycles. The number of quaternary nitrogens is 1. The number of nitrogens with one attached hydrogen (secondary N) is 1. The van der Waals surface area contributed by atoms with Crippen molar-refractivity contribution in [1.82, 2.24) is 10.2 Å². The molecule has 1 amide bonds. The molecule has 0 aliphatic carbocycles. The third-order valence-electron chi connectivity index (χ3n) is 4.70. The summed E-state index contributed by atoms with van der Waals surface area (Å²) in [6, 6.07) is -0.362. The van der Waals surface area contributed by atoms with Crippen LogP contribution in [0.3, 0.4) is 0 Å². The van der Waals surface area contributed by atoms with Crippen LogP contribution in [0.1, 0.15) is 39.5 Å². The molecular weight excluding hydrogens is 282 g/mol. The van der Waals surface area contributed by atoms with Gasteiger partial charge in [-0.25, -0.2) is 14.7 Å². The van der Waals surface area contributed by atoms with Gasteiger partial charge in [-0.05, 0) is 22.3 Å². The standard InChI is InChI=1S/C15H25N5O2/c1-4-6-7-12-15(21)20(8-5-2)13(17-12)11-9-16-10-18(3)14(11)19(20)22/h12,16H,4-10H2,1-3H3/q+2. The van der Waals surface area contributed by atoms with E-state index in [0.29, 0.717) is 31.4 Å². The number of aliphatic imine (C=N–C) groups is 1. The second-order valence-electron chi connectivity index (χ2n) is 6.30. The first-order valence-electron chi connectivity index (χ1n) is 8.21. The molecule has 7 heteroatoms. The van der Waals surface area contributed by atoms with Gasteiger partial charge in [-0.3, -0.25) is 5.32 Å². The normalized spacial score (nSPS) is 30.8. The van der Waals surface area contributed by atoms with Crippen LogP contribution in [0, 0.1) is 4.91 Å². The number of hydrogen-bond acceptors (Lipinski definition) is 5. The first-order valence-corrected chi connectivity index (χ1v) is 8.21. The van der Waals surface area contributed by atoms with Crippen LogP contribution in [0.15, 0.2) is 16.4 Å². The smallest absolute Gasteiger partial charge is 0.277 e. The summed E-state index contributed by atoms with van der Waals surface area (Å²) in [5, 5.41) is 3.27. The van der Waals surface area contributed by atoms with E-state index < -0.39 is 0 Å². The van der Waals surface area contributed by atoms with E-state index in [1.165, 1.54) is 0 Å². The van der Waals surface area contributed by atoms with E-state index in [2.05, 4.69) is 12.2 Å². The number of amidine groups is 1. The van der Waals surface area contributed by atoms with E-state index in [1.807, 2.05) is 18.9 Å². The van der Waals surface area contributed by atoms with Crippen LogP contribution >= 0.6 is 0 Å². The Labute approximate surface area is 130 Å². The highest BCUT2D eigenvalue weighted by Gasteiger charge is 2.69. The molecule has 3 aliphatic heterocycles. The topological polar surface area (TPSA) is 64.8 Å². The van der Waals surface area contributed by atoms with E-state index >= 15 is 0 Å². The van der Waals surface area contributed by atoms with E-state index in [4.69, 9.17) is 4.99 Å². The first kappa shape index (κ1) is 15.3. The maximum Gasteiger partial charge on any atom is 0.390 e. The quantitative estimate of drug-likeness (QED) is 0.611. The molecule has 120 valence electrons. The van der Waals surface area contributed by atoms with Gasteiger partial charge in [-0.1, -0.05) is 26.7 Å². The Balaban J connectivity index is 2.06. The van der Waals surface area contributed by atoms with Gasteiger partial charge in [0.1, 0.15) is 13.2 Å². The molecule has 3 rings (SSSR count). The molecule has 0 saturated carbocycles. The predicted octanol–water partition coefficient (Wildman–Crippen LogP) is 1.12. The molecule has 0 spiro atoms. The third-order valence-corrected chi connectivity index (χ3v) is 4.70. The lowest BCUT2D eigenvalue weighted by atomic mass is 10.1. The zero-order valence-corrected chi connectivity index (χ0v) is 13.6. The fourth-order valence-electron chi connectivity index (χ4n) is 3.68. The fraction of sp³-hybridized carbons (Fsp3) is 0.733. The molecule has 0 radical (unpaired) electrons. The highest BCUT2D eigenvalue weighted by Crippen LogP contribution is 2.38. The summed E-state index contributed by atoms with van der Waals surface area (Å²) in [5.74, 6) is 1.23. The zero-order valence-electron chi connectivity index (χ0n) is 13.6. The minimum atomic E-state index is -0.362. The largest absolute Gasteiger partial charge is 0.390 e. The van der Waals surface area contributed by atoms with E-state index in [0.717, 1.165) is 36.1 Å². The second kappa shape index (κ2) is 5.55. The molecule has 0 saturated heterocycles. The van der Waals surface area contributed by atoms with E-state index in [-0.39, 0.29) is 16.5 Å². The van der Waals surface area contributed by atoms with Gasteiger partial charge in [0.2, 0.25) is 0 Å². The Morgan fingerprint density at radius 3 is 2.86 bits per heavy atom. The summed E-state index contributed by atoms with van der Waals surface area (Å²) in [5.41, 5.74) is 0.893. The average Bonchev–Trinajstić information content (AvgIpc) is 2.91. The van der Waals surface area contributed by atoms with Crippen molar-refractivity contribution in [2.45, 2.75) is 45.6 Å². The molecule has 1 N–H and O–H groups in total. The Morgan fingerprint density at radius 1 is 1.41 bits per heavy atom. The minimum Gasteiger partial charge on any atom is -0.277 e. The lowest BCUT2D eigenvalue weighted by Gasteiger charge is -2.21. The lowest BCUT2D eigenvalue weighted by molar-refractivity contribution is -1.22. The van der Waals surface area contributed by atoms with Gasteiger partial charge >= 0.3 is 11.7 Å². The van der Waals surface area contributed by atoms with Gasteiger partial charge in [0.05, 0.1) is 7.05 Å². The van der Waals surface area contributed by atoms with Gasteiger partial charge in [0.15, 0.2) is 16.5 Å². The highest BCUT2D eigenvalue weighted by molar-refractivity contribution is 6.05. The number of amides is 1. The molecule has 2 unspecified atom stereocenters. The summed E-state index contributed by atoms with van der Waals surface area (Å²) in [4.78, 5) is 33.5. The van der Waals surface area contributed by atoms with Crippen molar-refractivity contribution in [3.63, 3.8) is 0 Å². The summed E-state index contributed by atoms with van der Waals surface area (Å²) in [6.07, 6.45) is 3.49. The molecule has 0 fully saturated rings. The van der Waals surface area contributed by atoms with Gasteiger partial charge < -0.3 is 0 Å². The van der Waals surface area contributed by atoms with Gasteiger partial charge in [0, 0.05) is 6.54 Å². The maximum atomic E-state index is 13.0. The number of unbranched alkanes of at least 4 members (excludes halogenated alkanes) is 1. The number of fused-ring (bicyclic) bond motifs is 2. The first-order chi connectivity index (χ1) is 10.6. The van der Waals surface area contributed by atoms with Crippen molar-refractivity contribution in [3.8, 4) is 0 Å². The SMILES string of the molecule is CCCCC1N=C2C3=C(N(C)CNC3)[N+](=O)[N+]2(CCC)C1=O. The highest BCUT2D eigenvalue weighted by atomic mass is 16.4. The summed E-state index contributed by atoms with van der Waals surface area (Å²) in [7, 11) is 1.87. The second-order valence-corrected chi connectivity index (χ2v) is 6.30. The van der Waals surface area contributed by atoms with Crippen LogP contribution in [0.4, 0.5) is 0 Å². The van der Waals surface area contributed by atoms with Crippen LogP contribution in [-0.4, -0.2) is 59.0 Å². The number of carbonyl (C=O) groups is 1. The summed E-state index contributed by atoms with van der Waals surface area (Å²) >= 11 is 0. The monoisotopic (exact) mass is 307 g/mol. The molecule has 22 heavy (non-hydrogen) atoms. The third kappa shape index (κ3) is 1.88. The molecule has 0 bridgehead atoms. The van der Waals surface area contributed by atoms with Crippen LogP contribution in [0.5, 0.6) is 0 Å². The maximum absolute atomic E-state index is 13.0. The van der Waals surface area contributed by atoms with Crippen molar-refractivity contribution in [2.75, 3.05) is 26.8 Å². The summed E-state index contributed by atoms with van der Waals surface area (Å²) in [6.45, 7) is 5.82. The Morgan fingerprint density at radius 2 is 2.18 bits per heavy atom. The van der Waals surface area contributed by atoms with Crippen molar-refractivity contribution < 1.29 is 14.3 Å². The average molecular weight is 307 g/mol. The van der Waals surface area contributed by atoms with Crippen molar-refractivity contribution in [1.29, 1.82) is 0 Å². The van der Waals surface area contributed by atoms with E-state index in [9.17, 15) is 9.70 Å². The number of rotatable bonds is 5. The Kier molecular flexibility index (Phi) is 3.86. The molecular formula is C15H25N5O2+2. The van der Waals surface area contributed by atoms with Crippen molar-refractivity contribution >= 4 is 11.7 Å². The van der Waals surface area contributed by atoms with Gasteiger partial charge in [-0.15, -0.1) is 0 Å². The molecule has 3 aliphatic rings. The number of carbonyl (C=O) groups excluding carboxylic acids is 1. The summed E-state index contributed by atoms with van der Waals surface area (Å²) < 4.78 is -0.248. The molecule has 0 aromatic heterocycles. The predicted molar refractivity (Wildman–Crippen MR) is 82.5 cm³/mol. The van der Waals surface area contributed by atoms with Crippen molar-refractivity contribution in [3.05, 3.63) is 16.3 Å². The van der Waals surface area contributed by atoms with E-state index in [1.54, 1.807) is 0 Å². The Hall–Kier alpha value is -1.60. The van der Waals surface area contributed by atoms with Crippen LogP contribution < -0.4 is 5.32 Å².